The predicted octanol–water partition coefficient (Wildman–Crippen LogP) is 15.3. The monoisotopic (exact) mass is 972 g/mol. The van der Waals surface area contributed by atoms with E-state index in [1.54, 1.807) is 0 Å². The maximum Gasteiger partial charge on any atom is 0.357 e. The van der Waals surface area contributed by atoms with Crippen molar-refractivity contribution in [1.29, 1.82) is 0 Å². The van der Waals surface area contributed by atoms with Crippen molar-refractivity contribution in [3.63, 3.8) is 0 Å². The molecule has 3 heteroatoms. The van der Waals surface area contributed by atoms with Gasteiger partial charge in [0.25, 0.3) is 0 Å². The van der Waals surface area contributed by atoms with Crippen LogP contribution < -0.4 is 21.2 Å². The van der Waals surface area contributed by atoms with E-state index in [0.717, 1.165) is 10.9 Å². The highest BCUT2D eigenvalue weighted by atomic mass is 127. The summed E-state index contributed by atoms with van der Waals surface area (Å²) in [5.41, 5.74) is 0. The van der Waals surface area contributed by atoms with Crippen LogP contribution in [0.4, 0.5) is 0 Å². The zero-order valence-electron chi connectivity index (χ0n) is 40.9. The normalized spacial score (nSPS) is 9.84. The summed E-state index contributed by atoms with van der Waals surface area (Å²) >= 11 is 0.0287. The summed E-state index contributed by atoms with van der Waals surface area (Å²) in [6.07, 6.45) is 3.84. The van der Waals surface area contributed by atoms with Crippen molar-refractivity contribution < 1.29 is 21.2 Å². The van der Waals surface area contributed by atoms with Crippen molar-refractivity contribution in [1.82, 2.24) is 0 Å². The molecule has 0 unspecified atom stereocenters. The Morgan fingerprint density at radius 3 is 0.705 bits per heavy atom. The maximum atomic E-state index is 2.34. The molecule has 0 N–H and O–H groups in total. The first-order valence-electron chi connectivity index (χ1n) is 22.9. The Balaban J connectivity index is -0.000000705. The highest BCUT2D eigenvalue weighted by Gasteiger charge is 2.27. The molecule has 332 valence electrons. The van der Waals surface area contributed by atoms with Crippen LogP contribution in [0.2, 0.25) is 0 Å². The van der Waals surface area contributed by atoms with Crippen LogP contribution in [-0.4, -0.2) is 17.8 Å². The first-order valence-corrected chi connectivity index (χ1v) is 28.3. The Kier molecular flexibility index (Phi) is 47.7. The lowest BCUT2D eigenvalue weighted by atomic mass is 10.1. The minimum atomic E-state index is -0.0146. The molecule has 1 heterocycles. The van der Waals surface area contributed by atoms with E-state index in [1.165, 1.54) is 50.5 Å². The lowest BCUT2D eigenvalue weighted by molar-refractivity contribution is -0.597. The zero-order valence-corrected chi connectivity index (χ0v) is 44.7. The van der Waals surface area contributed by atoms with Crippen LogP contribution in [0.5, 0.6) is 0 Å². The summed E-state index contributed by atoms with van der Waals surface area (Å²) in [6, 6.07) is 70.3. The van der Waals surface area contributed by atoms with E-state index >= 15 is 0 Å². The van der Waals surface area contributed by atoms with E-state index in [-0.39, 0.29) is 32.1 Å². The third kappa shape index (κ3) is 28.5. The van der Waals surface area contributed by atoms with Crippen molar-refractivity contribution in [3.8, 4) is 0 Å². The van der Waals surface area contributed by atoms with Crippen LogP contribution in [-0.2, 0) is 21.8 Å². The number of benzene rings is 7. The van der Waals surface area contributed by atoms with E-state index in [2.05, 4.69) is 206 Å². The number of hydrogen-bond acceptors (Lipinski definition) is 0. The highest BCUT2D eigenvalue weighted by Crippen LogP contribution is 2.30. The molecule has 1 aliphatic rings. The van der Waals surface area contributed by atoms with E-state index in [9.17, 15) is 0 Å². The van der Waals surface area contributed by atoms with Gasteiger partial charge in [-0.15, -0.1) is 0 Å². The van der Waals surface area contributed by atoms with Gasteiger partial charge in [0.1, 0.15) is 11.5 Å². The second-order valence-electron chi connectivity index (χ2n) is 10.8. The molecule has 0 saturated carbocycles. The lowest BCUT2D eigenvalue weighted by Crippen LogP contribution is -3.61. The molecule has 0 nitrogen and oxygen atoms in total. The third-order valence-corrected chi connectivity index (χ3v) is 14.2. The van der Waals surface area contributed by atoms with Crippen LogP contribution in [0.1, 0.15) is 103 Å². The van der Waals surface area contributed by atoms with Gasteiger partial charge in [0, 0.05) is 6.42 Å². The topological polar surface area (TPSA) is 0 Å². The first-order chi connectivity index (χ1) is 30.3. The molecule has 7 aromatic rings. The largest absolute Gasteiger partial charge is 0.357 e. The fourth-order valence-corrected chi connectivity index (χ4v) is 9.96. The minimum absolute atomic E-state index is 0.0146. The molecule has 8 rings (SSSR count). The van der Waals surface area contributed by atoms with Gasteiger partial charge in [-0.1, -0.05) is 236 Å². The van der Waals surface area contributed by atoms with E-state index in [0.29, 0.717) is 0 Å². The molecule has 0 atom stereocenters. The fraction of sp³-hybridized carbons (Fsp3) is 0.310. The van der Waals surface area contributed by atoms with E-state index in [4.69, 9.17) is 0 Å². The summed E-state index contributed by atoms with van der Waals surface area (Å²) in [5.74, 6) is 3.03. The summed E-state index contributed by atoms with van der Waals surface area (Å²) in [4.78, 5) is 4.08. The van der Waals surface area contributed by atoms with Gasteiger partial charge in [0.05, 0.1) is 17.2 Å². The fourth-order valence-electron chi connectivity index (χ4n) is 4.73. The molecule has 0 aromatic heterocycles. The Bertz CT molecular complexity index is 1630. The summed E-state index contributed by atoms with van der Waals surface area (Å²) < 4.78 is 2.96. The van der Waals surface area contributed by atoms with Gasteiger partial charge < -0.3 is 0 Å². The molecular formula is C58H84IS2+3. The molecule has 0 spiro atoms. The van der Waals surface area contributed by atoms with Gasteiger partial charge >= 0.3 is 21.2 Å². The molecule has 61 heavy (non-hydrogen) atoms. The van der Waals surface area contributed by atoms with Crippen LogP contribution in [0.15, 0.2) is 215 Å². The van der Waals surface area contributed by atoms with Gasteiger partial charge in [-0.2, -0.15) is 0 Å². The molecule has 0 radical (unpaired) electrons. The quantitative estimate of drug-likeness (QED) is 0.119. The summed E-state index contributed by atoms with van der Waals surface area (Å²) in [6.45, 7) is 28.0. The smallest absolute Gasteiger partial charge is 0.0683 e. The van der Waals surface area contributed by atoms with Crippen molar-refractivity contribution >= 4 is 32.6 Å². The lowest BCUT2D eigenvalue weighted by Gasteiger charge is -2.08. The van der Waals surface area contributed by atoms with Crippen LogP contribution in [0, 0.1) is 7.14 Å². The molecule has 0 amide bonds. The summed E-state index contributed by atoms with van der Waals surface area (Å²) in [5, 5.41) is 2.62. The van der Waals surface area contributed by atoms with E-state index < -0.39 is 0 Å². The predicted molar refractivity (Wildman–Crippen MR) is 283 cm³/mol. The maximum absolute atomic E-state index is 2.34. The number of halogens is 1. The Morgan fingerprint density at radius 1 is 0.311 bits per heavy atom. The molecule has 0 aliphatic carbocycles. The van der Waals surface area contributed by atoms with Crippen molar-refractivity contribution in [2.75, 3.05) is 17.8 Å². The first kappa shape index (κ1) is 61.5. The van der Waals surface area contributed by atoms with Gasteiger partial charge in [0.2, 0.25) is 0 Å². The molecular weight excluding hydrogens is 888 g/mol. The standard InChI is InChI=1S/C18H15S.C12H10I.C10H8.C4H9S.7C2H6/c1-4-10-16(11-5-1)19(17-12-6-2-7-13-17)18-14-8-3-9-15-18;1-3-7-11(8-4-1)13-12-9-5-2-6-10-12;1-2-6-10-8-4-3-7-9(10)5-1;1-5-3-2-4-5;7*1-2/h1-15H;1-10H;1-8H;2-4H2,1H3;7*1-2H3/q2*+1;;+1;;;;;;;. The van der Waals surface area contributed by atoms with Crippen molar-refractivity contribution in [2.24, 2.45) is 0 Å². The molecule has 1 saturated heterocycles. The minimum Gasteiger partial charge on any atom is -0.0683 e. The third-order valence-electron chi connectivity index (χ3n) is 7.27. The van der Waals surface area contributed by atoms with Gasteiger partial charge in [0.15, 0.2) is 21.8 Å². The average molecular weight is 972 g/mol. The van der Waals surface area contributed by atoms with Crippen molar-refractivity contribution in [3.05, 3.63) is 207 Å². The Labute approximate surface area is 394 Å². The SMILES string of the molecule is CC.CC.CC.CC.CC.CC.CC.C[S+]1CCC1.c1ccc([I+]c2ccccc2)cc1.c1ccc([S+](c2ccccc2)c2ccccc2)cc1.c1ccc2ccccc2c1. The molecule has 1 fully saturated rings. The Morgan fingerprint density at radius 2 is 0.508 bits per heavy atom. The average Bonchev–Trinajstić information content (AvgIpc) is 3.38. The van der Waals surface area contributed by atoms with Gasteiger partial charge in [-0.05, 0) is 82.3 Å². The zero-order chi connectivity index (χ0) is 46.4. The molecule has 7 aromatic carbocycles. The number of hydrogen-bond donors (Lipinski definition) is 0. The Hall–Kier alpha value is -3.77. The van der Waals surface area contributed by atoms with Crippen molar-refractivity contribution in [2.45, 2.75) is 118 Å². The van der Waals surface area contributed by atoms with Gasteiger partial charge in [-0.3, -0.25) is 0 Å². The van der Waals surface area contributed by atoms with Crippen LogP contribution in [0.25, 0.3) is 10.8 Å². The summed E-state index contributed by atoms with van der Waals surface area (Å²) in [7, 11) is 0.843. The van der Waals surface area contributed by atoms with Gasteiger partial charge in [-0.25, -0.2) is 0 Å². The van der Waals surface area contributed by atoms with Crippen LogP contribution in [0.3, 0.4) is 0 Å². The number of rotatable bonds is 5. The second kappa shape index (κ2) is 47.3. The molecule has 0 bridgehead atoms. The highest BCUT2D eigenvalue weighted by molar-refractivity contribution is 7.97. The van der Waals surface area contributed by atoms with Crippen LogP contribution >= 0.6 is 0 Å². The second-order valence-corrected chi connectivity index (χ2v) is 18.3. The molecule has 1 aliphatic heterocycles. The van der Waals surface area contributed by atoms with E-state index in [1.807, 2.05) is 96.9 Å². The number of fused-ring (bicyclic) bond motifs is 1.